The van der Waals surface area contributed by atoms with Crippen LogP contribution >= 0.6 is 22.9 Å². The molecule has 1 saturated heterocycles. The van der Waals surface area contributed by atoms with Crippen LogP contribution in [0.15, 0.2) is 30.7 Å². The van der Waals surface area contributed by atoms with Crippen LogP contribution in [-0.2, 0) is 7.05 Å². The van der Waals surface area contributed by atoms with Crippen LogP contribution < -0.4 is 16.0 Å². The Balaban J connectivity index is 1.34. The van der Waals surface area contributed by atoms with Crippen molar-refractivity contribution in [2.75, 3.05) is 23.7 Å². The Kier molecular flexibility index (Phi) is 5.22. The standard InChI is InChI=1S/C23H25ClN8OS/c1-30-11-15(20(29-30)13-4-5-13)16-9-17(21-22(25)26-12-27-32(16)21)31-8-2-3-14(10-31)28-23(33)18-6-7-19(24)34-18/h6-7,9,11-14H,2-5,8,10H2,1H3,(H,28,33)(H2,25,26,27)/t14-/m1/s1. The molecule has 6 rings (SSSR count). The number of anilines is 2. The van der Waals surface area contributed by atoms with Gasteiger partial charge >= 0.3 is 0 Å². The third-order valence-electron chi connectivity index (χ3n) is 6.55. The number of nitrogens with two attached hydrogens (primary N) is 1. The van der Waals surface area contributed by atoms with Gasteiger partial charge < -0.3 is 16.0 Å². The Hall–Kier alpha value is -3.11. The van der Waals surface area contributed by atoms with Gasteiger partial charge in [0.25, 0.3) is 5.91 Å². The summed E-state index contributed by atoms with van der Waals surface area (Å²) in [5, 5.41) is 12.5. The van der Waals surface area contributed by atoms with Gasteiger partial charge in [0.1, 0.15) is 11.8 Å². The van der Waals surface area contributed by atoms with E-state index in [4.69, 9.17) is 22.4 Å². The second kappa shape index (κ2) is 8.28. The van der Waals surface area contributed by atoms with Gasteiger partial charge in [-0.25, -0.2) is 9.50 Å². The van der Waals surface area contributed by atoms with E-state index in [0.29, 0.717) is 27.5 Å². The Labute approximate surface area is 205 Å². The van der Waals surface area contributed by atoms with Crippen LogP contribution in [0.2, 0.25) is 4.34 Å². The summed E-state index contributed by atoms with van der Waals surface area (Å²) in [5.74, 6) is 0.857. The fourth-order valence-corrected chi connectivity index (χ4v) is 5.80. The van der Waals surface area contributed by atoms with E-state index in [9.17, 15) is 4.79 Å². The molecule has 0 bridgehead atoms. The molecule has 0 spiro atoms. The van der Waals surface area contributed by atoms with E-state index in [-0.39, 0.29) is 11.9 Å². The first-order valence-electron chi connectivity index (χ1n) is 11.4. The summed E-state index contributed by atoms with van der Waals surface area (Å²) in [6, 6.07) is 5.68. The Morgan fingerprint density at radius 3 is 2.91 bits per heavy atom. The maximum absolute atomic E-state index is 12.7. The molecule has 1 atom stereocenters. The van der Waals surface area contributed by atoms with Crippen molar-refractivity contribution in [2.45, 2.75) is 37.6 Å². The van der Waals surface area contributed by atoms with Crippen LogP contribution in [0.25, 0.3) is 16.8 Å². The number of nitrogens with zero attached hydrogens (tertiary/aromatic N) is 6. The zero-order valence-corrected chi connectivity index (χ0v) is 20.3. The first kappa shape index (κ1) is 21.4. The largest absolute Gasteiger partial charge is 0.382 e. The molecular weight excluding hydrogens is 472 g/mol. The summed E-state index contributed by atoms with van der Waals surface area (Å²) in [6.45, 7) is 1.55. The highest BCUT2D eigenvalue weighted by Gasteiger charge is 2.32. The summed E-state index contributed by atoms with van der Waals surface area (Å²) < 4.78 is 4.37. The summed E-state index contributed by atoms with van der Waals surface area (Å²) in [6.07, 6.45) is 7.76. The molecule has 0 aromatic carbocycles. The minimum Gasteiger partial charge on any atom is -0.382 e. The van der Waals surface area contributed by atoms with Gasteiger partial charge in [-0.05, 0) is 43.9 Å². The van der Waals surface area contributed by atoms with Gasteiger partial charge in [-0.2, -0.15) is 10.2 Å². The van der Waals surface area contributed by atoms with Crippen molar-refractivity contribution in [1.82, 2.24) is 29.7 Å². The molecule has 11 heteroatoms. The second-order valence-electron chi connectivity index (χ2n) is 9.06. The number of aryl methyl sites for hydroxylation is 1. The van der Waals surface area contributed by atoms with Crippen LogP contribution in [0.3, 0.4) is 0 Å². The average molecular weight is 497 g/mol. The maximum atomic E-state index is 12.7. The maximum Gasteiger partial charge on any atom is 0.261 e. The first-order chi connectivity index (χ1) is 16.5. The number of hydrogen-bond acceptors (Lipinski definition) is 7. The van der Waals surface area contributed by atoms with Crippen molar-refractivity contribution in [3.8, 4) is 11.3 Å². The number of halogens is 1. The topological polar surface area (TPSA) is 106 Å². The number of thiophene rings is 1. The summed E-state index contributed by atoms with van der Waals surface area (Å²) in [7, 11) is 1.95. The average Bonchev–Trinajstić information content (AvgIpc) is 3.26. The number of fused-ring (bicyclic) bond motifs is 1. The molecule has 0 radical (unpaired) electrons. The number of carbonyl (C=O) groups excluding carboxylic acids is 1. The molecule has 9 nitrogen and oxygen atoms in total. The summed E-state index contributed by atoms with van der Waals surface area (Å²) in [4.78, 5) is 19.9. The number of nitrogen functional groups attached to an aromatic ring is 1. The van der Waals surface area contributed by atoms with E-state index in [1.165, 1.54) is 30.5 Å². The molecule has 176 valence electrons. The highest BCUT2D eigenvalue weighted by Crippen LogP contribution is 2.45. The van der Waals surface area contributed by atoms with E-state index in [0.717, 1.165) is 47.5 Å². The zero-order chi connectivity index (χ0) is 23.4. The summed E-state index contributed by atoms with van der Waals surface area (Å²) in [5.41, 5.74) is 11.3. The number of aromatic nitrogens is 5. The Bertz CT molecular complexity index is 1390. The fraction of sp³-hybridized carbons (Fsp3) is 0.391. The first-order valence-corrected chi connectivity index (χ1v) is 12.6. The van der Waals surface area contributed by atoms with Crippen molar-refractivity contribution >= 4 is 45.9 Å². The predicted molar refractivity (Wildman–Crippen MR) is 134 cm³/mol. The molecule has 1 amide bonds. The minimum absolute atomic E-state index is 0.0202. The third-order valence-corrected chi connectivity index (χ3v) is 7.78. The number of amides is 1. The number of nitrogens with one attached hydrogen (secondary N) is 1. The second-order valence-corrected chi connectivity index (χ2v) is 10.8. The molecule has 2 fully saturated rings. The van der Waals surface area contributed by atoms with E-state index >= 15 is 0 Å². The zero-order valence-electron chi connectivity index (χ0n) is 18.7. The predicted octanol–water partition coefficient (Wildman–Crippen LogP) is 3.70. The molecular formula is C23H25ClN8OS. The number of hydrogen-bond donors (Lipinski definition) is 2. The Morgan fingerprint density at radius 2 is 2.15 bits per heavy atom. The minimum atomic E-state index is -0.0848. The van der Waals surface area contributed by atoms with Gasteiger partial charge in [-0.3, -0.25) is 9.48 Å². The SMILES string of the molecule is Cn1cc(-c2cc(N3CCC[C@@H](NC(=O)c4ccc(Cl)s4)C3)c3c(N)ncnn23)c(C2CC2)n1. The molecule has 1 aliphatic carbocycles. The lowest BCUT2D eigenvalue weighted by molar-refractivity contribution is 0.0937. The molecule has 5 heterocycles. The van der Waals surface area contributed by atoms with Crippen molar-refractivity contribution in [1.29, 1.82) is 0 Å². The van der Waals surface area contributed by atoms with Gasteiger partial charge in [0.2, 0.25) is 0 Å². The van der Waals surface area contributed by atoms with Crippen molar-refractivity contribution < 1.29 is 4.79 Å². The quantitative estimate of drug-likeness (QED) is 0.436. The van der Waals surface area contributed by atoms with E-state index < -0.39 is 0 Å². The Morgan fingerprint density at radius 1 is 1.29 bits per heavy atom. The lowest BCUT2D eigenvalue weighted by Gasteiger charge is -2.34. The van der Waals surface area contributed by atoms with Gasteiger partial charge in [0.05, 0.1) is 26.3 Å². The monoisotopic (exact) mass is 496 g/mol. The number of piperidine rings is 1. The highest BCUT2D eigenvalue weighted by atomic mass is 35.5. The van der Waals surface area contributed by atoms with E-state index in [1.807, 2.05) is 16.2 Å². The highest BCUT2D eigenvalue weighted by molar-refractivity contribution is 7.18. The van der Waals surface area contributed by atoms with Crippen molar-refractivity contribution in [2.24, 2.45) is 7.05 Å². The van der Waals surface area contributed by atoms with E-state index in [1.54, 1.807) is 12.1 Å². The van der Waals surface area contributed by atoms with E-state index in [2.05, 4.69) is 32.6 Å². The van der Waals surface area contributed by atoms with Crippen molar-refractivity contribution in [3.63, 3.8) is 0 Å². The molecule has 1 aliphatic heterocycles. The molecule has 0 unspecified atom stereocenters. The van der Waals surface area contributed by atoms with Gasteiger partial charge in [0, 0.05) is 43.9 Å². The smallest absolute Gasteiger partial charge is 0.261 e. The van der Waals surface area contributed by atoms with Crippen LogP contribution in [0.1, 0.15) is 47.0 Å². The molecule has 2 aliphatic rings. The molecule has 3 N–H and O–H groups in total. The van der Waals surface area contributed by atoms with Crippen LogP contribution in [0.5, 0.6) is 0 Å². The molecule has 34 heavy (non-hydrogen) atoms. The molecule has 1 saturated carbocycles. The van der Waals surface area contributed by atoms with Crippen LogP contribution in [0, 0.1) is 0 Å². The fourth-order valence-electron chi connectivity index (χ4n) is 4.85. The lowest BCUT2D eigenvalue weighted by Crippen LogP contribution is -2.47. The lowest BCUT2D eigenvalue weighted by atomic mass is 10.0. The number of rotatable bonds is 5. The van der Waals surface area contributed by atoms with Gasteiger partial charge in [-0.15, -0.1) is 11.3 Å². The van der Waals surface area contributed by atoms with Gasteiger partial charge in [-0.1, -0.05) is 11.6 Å². The third kappa shape index (κ3) is 3.80. The van der Waals surface area contributed by atoms with Crippen molar-refractivity contribution in [3.05, 3.63) is 45.6 Å². The van der Waals surface area contributed by atoms with Crippen LogP contribution in [-0.4, -0.2) is 49.4 Å². The van der Waals surface area contributed by atoms with Crippen LogP contribution in [0.4, 0.5) is 11.5 Å². The molecule has 4 aromatic rings. The molecule has 4 aromatic heterocycles. The normalized spacial score (nSPS) is 18.5. The van der Waals surface area contributed by atoms with Gasteiger partial charge in [0.15, 0.2) is 5.82 Å². The number of carbonyl (C=O) groups is 1. The summed E-state index contributed by atoms with van der Waals surface area (Å²) >= 11 is 7.30.